The molecule has 182 valence electrons. The fourth-order valence-corrected chi connectivity index (χ4v) is 4.11. The third kappa shape index (κ3) is 6.61. The molecule has 0 spiro atoms. The van der Waals surface area contributed by atoms with E-state index in [0.29, 0.717) is 29.0 Å². The Labute approximate surface area is 213 Å². The second-order valence-electron chi connectivity index (χ2n) is 7.90. The molecule has 0 aliphatic rings. The minimum atomic E-state index is -0.360. The number of hydrogen-bond acceptors (Lipinski definition) is 5. The molecule has 0 radical (unpaired) electrons. The lowest BCUT2D eigenvalue weighted by molar-refractivity contribution is -0.113. The van der Waals surface area contributed by atoms with Gasteiger partial charge in [-0.05, 0) is 42.0 Å². The van der Waals surface area contributed by atoms with Gasteiger partial charge < -0.3 is 20.5 Å². The van der Waals surface area contributed by atoms with Crippen molar-refractivity contribution in [2.45, 2.75) is 11.7 Å². The monoisotopic (exact) mass is 499 g/mol. The lowest BCUT2D eigenvalue weighted by Crippen LogP contribution is -2.24. The van der Waals surface area contributed by atoms with Crippen LogP contribution in [0.5, 0.6) is 0 Å². The number of carbonyl (C=O) groups is 3. The number of imidazole rings is 1. The number of anilines is 2. The van der Waals surface area contributed by atoms with Gasteiger partial charge in [-0.2, -0.15) is 0 Å². The van der Waals surface area contributed by atoms with Gasteiger partial charge in [-0.15, -0.1) is 0 Å². The van der Waals surface area contributed by atoms with E-state index in [2.05, 4.69) is 20.9 Å². The van der Waals surface area contributed by atoms with Crippen LogP contribution in [0.2, 0.25) is 0 Å². The Kier molecular flexibility index (Phi) is 8.15. The van der Waals surface area contributed by atoms with Gasteiger partial charge in [0.25, 0.3) is 11.8 Å². The molecule has 36 heavy (non-hydrogen) atoms. The maximum Gasteiger partial charge on any atom is 0.255 e. The largest absolute Gasteiger partial charge is 0.348 e. The molecule has 3 amide bonds. The molecule has 4 rings (SSSR count). The highest BCUT2D eigenvalue weighted by Crippen LogP contribution is 2.19. The van der Waals surface area contributed by atoms with Crippen molar-refractivity contribution in [1.82, 2.24) is 14.9 Å². The third-order valence-corrected chi connectivity index (χ3v) is 6.31. The van der Waals surface area contributed by atoms with E-state index in [0.717, 1.165) is 10.7 Å². The van der Waals surface area contributed by atoms with E-state index in [4.69, 9.17) is 0 Å². The van der Waals surface area contributed by atoms with Gasteiger partial charge in [-0.1, -0.05) is 54.2 Å². The Bertz CT molecular complexity index is 1350. The lowest BCUT2D eigenvalue weighted by atomic mass is 10.1. The standard InChI is InChI=1S/C27H25N5O3S/c1-32-16-15-28-27(32)36-18-24(33)30-21-13-11-20(12-14-21)25(34)31-23-10-6-5-9-22(23)26(35)29-17-19-7-3-2-4-8-19/h2-16H,17-18H2,1H3,(H,29,35)(H,30,33)(H,31,34). The van der Waals surface area contributed by atoms with Gasteiger partial charge >= 0.3 is 0 Å². The second kappa shape index (κ2) is 11.9. The number of aromatic nitrogens is 2. The summed E-state index contributed by atoms with van der Waals surface area (Å²) in [6.07, 6.45) is 3.50. The first-order chi connectivity index (χ1) is 17.5. The third-order valence-electron chi connectivity index (χ3n) is 5.26. The Morgan fingerprint density at radius 2 is 1.58 bits per heavy atom. The van der Waals surface area contributed by atoms with Crippen LogP contribution in [0.25, 0.3) is 0 Å². The number of amides is 3. The van der Waals surface area contributed by atoms with Crippen molar-refractivity contribution in [2.75, 3.05) is 16.4 Å². The van der Waals surface area contributed by atoms with Gasteiger partial charge in [0.2, 0.25) is 5.91 Å². The molecular weight excluding hydrogens is 474 g/mol. The van der Waals surface area contributed by atoms with Crippen LogP contribution < -0.4 is 16.0 Å². The van der Waals surface area contributed by atoms with Gasteiger partial charge in [0, 0.05) is 37.2 Å². The van der Waals surface area contributed by atoms with E-state index >= 15 is 0 Å². The summed E-state index contributed by atoms with van der Waals surface area (Å²) in [6.45, 7) is 0.384. The normalized spacial score (nSPS) is 10.5. The SMILES string of the molecule is Cn1ccnc1SCC(=O)Nc1ccc(C(=O)Nc2ccccc2C(=O)NCc2ccccc2)cc1. The Morgan fingerprint density at radius 1 is 0.861 bits per heavy atom. The zero-order chi connectivity index (χ0) is 25.3. The van der Waals surface area contributed by atoms with Crippen LogP contribution in [-0.4, -0.2) is 33.0 Å². The maximum absolute atomic E-state index is 12.8. The van der Waals surface area contributed by atoms with Gasteiger partial charge in [-0.25, -0.2) is 4.98 Å². The molecule has 3 aromatic carbocycles. The molecule has 0 unspecified atom stereocenters. The summed E-state index contributed by atoms with van der Waals surface area (Å²) in [5, 5.41) is 9.25. The zero-order valence-corrected chi connectivity index (χ0v) is 20.4. The lowest BCUT2D eigenvalue weighted by Gasteiger charge is -2.12. The van der Waals surface area contributed by atoms with Crippen molar-refractivity contribution in [3.8, 4) is 0 Å². The van der Waals surface area contributed by atoms with Crippen LogP contribution in [0.3, 0.4) is 0 Å². The molecule has 0 atom stereocenters. The van der Waals surface area contributed by atoms with Crippen molar-refractivity contribution < 1.29 is 14.4 Å². The van der Waals surface area contributed by atoms with E-state index in [1.54, 1.807) is 54.7 Å². The van der Waals surface area contributed by atoms with Crippen LogP contribution in [0.4, 0.5) is 11.4 Å². The average Bonchev–Trinajstić information content (AvgIpc) is 3.32. The van der Waals surface area contributed by atoms with E-state index in [-0.39, 0.29) is 23.5 Å². The summed E-state index contributed by atoms with van der Waals surface area (Å²) in [5.41, 5.74) is 2.75. The predicted molar refractivity (Wildman–Crippen MR) is 141 cm³/mol. The summed E-state index contributed by atoms with van der Waals surface area (Å²) in [6, 6.07) is 23.0. The molecule has 1 heterocycles. The molecule has 0 bridgehead atoms. The first kappa shape index (κ1) is 24.7. The first-order valence-electron chi connectivity index (χ1n) is 11.2. The summed E-state index contributed by atoms with van der Waals surface area (Å²) in [5.74, 6) is -0.593. The van der Waals surface area contributed by atoms with E-state index in [1.165, 1.54) is 11.8 Å². The second-order valence-corrected chi connectivity index (χ2v) is 8.85. The number of para-hydroxylation sites is 1. The molecule has 0 saturated heterocycles. The van der Waals surface area contributed by atoms with Crippen molar-refractivity contribution in [3.05, 3.63) is 108 Å². The van der Waals surface area contributed by atoms with Crippen molar-refractivity contribution in [2.24, 2.45) is 7.05 Å². The quantitative estimate of drug-likeness (QED) is 0.297. The van der Waals surface area contributed by atoms with Crippen LogP contribution >= 0.6 is 11.8 Å². The fourth-order valence-electron chi connectivity index (χ4n) is 3.38. The van der Waals surface area contributed by atoms with E-state index in [9.17, 15) is 14.4 Å². The molecule has 0 aliphatic heterocycles. The highest BCUT2D eigenvalue weighted by Gasteiger charge is 2.14. The van der Waals surface area contributed by atoms with Crippen LogP contribution in [0.1, 0.15) is 26.3 Å². The molecule has 0 aliphatic carbocycles. The van der Waals surface area contributed by atoms with Gasteiger partial charge in [0.05, 0.1) is 17.0 Å². The fraction of sp³-hybridized carbons (Fsp3) is 0.111. The highest BCUT2D eigenvalue weighted by molar-refractivity contribution is 7.99. The number of hydrogen-bond donors (Lipinski definition) is 3. The Hall–Kier alpha value is -4.37. The summed E-state index contributed by atoms with van der Waals surface area (Å²) in [7, 11) is 1.87. The maximum atomic E-state index is 12.8. The number of aryl methyl sites for hydroxylation is 1. The van der Waals surface area contributed by atoms with Gasteiger partial charge in [0.1, 0.15) is 0 Å². The van der Waals surface area contributed by atoms with Gasteiger partial charge in [-0.3, -0.25) is 14.4 Å². The number of nitrogens with one attached hydrogen (secondary N) is 3. The van der Waals surface area contributed by atoms with E-state index < -0.39 is 0 Å². The first-order valence-corrected chi connectivity index (χ1v) is 12.2. The smallest absolute Gasteiger partial charge is 0.255 e. The number of thioether (sulfide) groups is 1. The number of rotatable bonds is 9. The Balaban J connectivity index is 1.33. The number of nitrogens with zero attached hydrogens (tertiary/aromatic N) is 2. The van der Waals surface area contributed by atoms with Crippen molar-refractivity contribution in [3.63, 3.8) is 0 Å². The van der Waals surface area contributed by atoms with Crippen molar-refractivity contribution >= 4 is 40.9 Å². The molecule has 3 N–H and O–H groups in total. The molecule has 0 fully saturated rings. The summed E-state index contributed by atoms with van der Waals surface area (Å²) in [4.78, 5) is 42.0. The molecule has 8 nitrogen and oxygen atoms in total. The zero-order valence-electron chi connectivity index (χ0n) is 19.6. The van der Waals surface area contributed by atoms with Crippen molar-refractivity contribution in [1.29, 1.82) is 0 Å². The average molecular weight is 500 g/mol. The topological polar surface area (TPSA) is 105 Å². The molecule has 9 heteroatoms. The minimum absolute atomic E-state index is 0.171. The molecule has 4 aromatic rings. The Morgan fingerprint density at radius 3 is 2.31 bits per heavy atom. The highest BCUT2D eigenvalue weighted by atomic mass is 32.2. The van der Waals surface area contributed by atoms with Crippen LogP contribution in [-0.2, 0) is 18.4 Å². The summed E-state index contributed by atoms with van der Waals surface area (Å²) < 4.78 is 1.84. The molecule has 1 aromatic heterocycles. The molecule has 0 saturated carbocycles. The number of carbonyl (C=O) groups excluding carboxylic acids is 3. The van der Waals surface area contributed by atoms with Crippen LogP contribution in [0.15, 0.2) is 96.4 Å². The predicted octanol–water partition coefficient (Wildman–Crippen LogP) is 4.33. The minimum Gasteiger partial charge on any atom is -0.348 e. The summed E-state index contributed by atoms with van der Waals surface area (Å²) >= 11 is 1.34. The molecular formula is C27H25N5O3S. The van der Waals surface area contributed by atoms with E-state index in [1.807, 2.05) is 48.1 Å². The van der Waals surface area contributed by atoms with Crippen LogP contribution in [0, 0.1) is 0 Å². The van der Waals surface area contributed by atoms with Gasteiger partial charge in [0.15, 0.2) is 5.16 Å². The number of benzene rings is 3.